The molecule has 1 heteroatoms. The number of fused-ring (bicyclic) bond motifs is 1. The van der Waals surface area contributed by atoms with Crippen molar-refractivity contribution in [3.8, 4) is 0 Å². The van der Waals surface area contributed by atoms with Crippen molar-refractivity contribution in [1.82, 2.24) is 0 Å². The van der Waals surface area contributed by atoms with Crippen molar-refractivity contribution < 1.29 is 5.11 Å². The highest BCUT2D eigenvalue weighted by molar-refractivity contribution is 5.64. The maximum Gasteiger partial charge on any atom is 0.101 e. The van der Waals surface area contributed by atoms with Gasteiger partial charge in [0.25, 0.3) is 0 Å². The SMILES string of the molecule is CC1=Cc2ccccc2C1O. The standard InChI is InChI=1S/C10H10O/c1-7-6-8-4-2-3-5-9(8)10(7)11/h2-6,10-11H,1H3. The Hall–Kier alpha value is -1.08. The van der Waals surface area contributed by atoms with Gasteiger partial charge in [-0.3, -0.25) is 0 Å². The maximum atomic E-state index is 9.58. The second-order valence-electron chi connectivity index (χ2n) is 2.92. The molecule has 0 bridgehead atoms. The molecule has 1 aromatic carbocycles. The molecule has 1 nitrogen and oxygen atoms in total. The second kappa shape index (κ2) is 2.21. The Morgan fingerprint density at radius 1 is 1.27 bits per heavy atom. The molecule has 0 heterocycles. The van der Waals surface area contributed by atoms with E-state index >= 15 is 0 Å². The van der Waals surface area contributed by atoms with Crippen LogP contribution in [0.4, 0.5) is 0 Å². The molecule has 0 saturated carbocycles. The lowest BCUT2D eigenvalue weighted by molar-refractivity contribution is 0.220. The predicted octanol–water partition coefficient (Wildman–Crippen LogP) is 2.14. The summed E-state index contributed by atoms with van der Waals surface area (Å²) >= 11 is 0. The molecular formula is C10H10O. The van der Waals surface area contributed by atoms with Crippen molar-refractivity contribution in [3.05, 3.63) is 41.0 Å². The lowest BCUT2D eigenvalue weighted by Crippen LogP contribution is -1.93. The van der Waals surface area contributed by atoms with E-state index in [-0.39, 0.29) is 6.10 Å². The van der Waals surface area contributed by atoms with Gasteiger partial charge in [0.2, 0.25) is 0 Å². The largest absolute Gasteiger partial charge is 0.384 e. The molecule has 0 spiro atoms. The third kappa shape index (κ3) is 0.889. The first-order valence-electron chi connectivity index (χ1n) is 3.74. The molecular weight excluding hydrogens is 136 g/mol. The first-order chi connectivity index (χ1) is 5.29. The molecule has 1 N–H and O–H groups in total. The van der Waals surface area contributed by atoms with Crippen molar-refractivity contribution >= 4 is 6.08 Å². The van der Waals surface area contributed by atoms with E-state index in [0.29, 0.717) is 0 Å². The van der Waals surface area contributed by atoms with Crippen LogP contribution in [-0.2, 0) is 0 Å². The summed E-state index contributed by atoms with van der Waals surface area (Å²) in [6.45, 7) is 1.95. The van der Waals surface area contributed by atoms with E-state index in [1.807, 2.05) is 37.3 Å². The minimum Gasteiger partial charge on any atom is -0.384 e. The van der Waals surface area contributed by atoms with Gasteiger partial charge < -0.3 is 5.11 Å². The molecule has 1 unspecified atom stereocenters. The van der Waals surface area contributed by atoms with E-state index < -0.39 is 0 Å². The molecule has 1 atom stereocenters. The van der Waals surface area contributed by atoms with Gasteiger partial charge in [0.1, 0.15) is 6.10 Å². The Kier molecular flexibility index (Phi) is 1.33. The fourth-order valence-electron chi connectivity index (χ4n) is 1.46. The highest BCUT2D eigenvalue weighted by Gasteiger charge is 2.18. The van der Waals surface area contributed by atoms with Gasteiger partial charge in [-0.2, -0.15) is 0 Å². The van der Waals surface area contributed by atoms with Gasteiger partial charge in [-0.25, -0.2) is 0 Å². The van der Waals surface area contributed by atoms with E-state index in [9.17, 15) is 5.11 Å². The van der Waals surface area contributed by atoms with E-state index in [0.717, 1.165) is 16.7 Å². The molecule has 1 aliphatic carbocycles. The van der Waals surface area contributed by atoms with Crippen LogP contribution < -0.4 is 0 Å². The quantitative estimate of drug-likeness (QED) is 0.594. The lowest BCUT2D eigenvalue weighted by atomic mass is 10.1. The number of hydrogen-bond acceptors (Lipinski definition) is 1. The monoisotopic (exact) mass is 146 g/mol. The summed E-state index contributed by atoms with van der Waals surface area (Å²) in [7, 11) is 0. The van der Waals surface area contributed by atoms with Crippen LogP contribution in [0.25, 0.3) is 6.08 Å². The van der Waals surface area contributed by atoms with Crippen LogP contribution >= 0.6 is 0 Å². The van der Waals surface area contributed by atoms with Crippen LogP contribution in [0.3, 0.4) is 0 Å². The molecule has 56 valence electrons. The molecule has 0 aliphatic heterocycles. The zero-order valence-electron chi connectivity index (χ0n) is 6.41. The van der Waals surface area contributed by atoms with Gasteiger partial charge in [-0.1, -0.05) is 30.3 Å². The number of aliphatic hydroxyl groups excluding tert-OH is 1. The average Bonchev–Trinajstić information content (AvgIpc) is 2.30. The van der Waals surface area contributed by atoms with Gasteiger partial charge in [0, 0.05) is 0 Å². The van der Waals surface area contributed by atoms with Gasteiger partial charge in [-0.15, -0.1) is 0 Å². The Balaban J connectivity index is 2.58. The van der Waals surface area contributed by atoms with Crippen molar-refractivity contribution in [2.75, 3.05) is 0 Å². The third-order valence-electron chi connectivity index (χ3n) is 2.11. The van der Waals surface area contributed by atoms with Crippen LogP contribution in [-0.4, -0.2) is 5.11 Å². The zero-order valence-corrected chi connectivity index (χ0v) is 6.41. The van der Waals surface area contributed by atoms with Crippen molar-refractivity contribution in [2.24, 2.45) is 0 Å². The normalized spacial score (nSPS) is 21.3. The zero-order chi connectivity index (χ0) is 7.84. The van der Waals surface area contributed by atoms with Gasteiger partial charge >= 0.3 is 0 Å². The number of rotatable bonds is 0. The van der Waals surface area contributed by atoms with Gasteiger partial charge in [0.05, 0.1) is 0 Å². The molecule has 1 aromatic rings. The maximum absolute atomic E-state index is 9.58. The Morgan fingerprint density at radius 3 is 2.73 bits per heavy atom. The van der Waals surface area contributed by atoms with E-state index in [4.69, 9.17) is 0 Å². The molecule has 11 heavy (non-hydrogen) atoms. The van der Waals surface area contributed by atoms with Crippen LogP contribution in [0.2, 0.25) is 0 Å². The molecule has 2 rings (SSSR count). The summed E-state index contributed by atoms with van der Waals surface area (Å²) in [6.07, 6.45) is 1.66. The minimum atomic E-state index is -0.369. The van der Waals surface area contributed by atoms with Crippen LogP contribution in [0.15, 0.2) is 29.8 Å². The van der Waals surface area contributed by atoms with E-state index in [1.165, 1.54) is 0 Å². The first-order valence-corrected chi connectivity index (χ1v) is 3.74. The molecule has 0 fully saturated rings. The lowest BCUT2D eigenvalue weighted by Gasteiger charge is -2.04. The van der Waals surface area contributed by atoms with Gasteiger partial charge in [-0.05, 0) is 23.6 Å². The Bertz CT molecular complexity index is 312. The number of benzene rings is 1. The summed E-state index contributed by atoms with van der Waals surface area (Å²) < 4.78 is 0. The molecule has 1 aliphatic rings. The Morgan fingerprint density at radius 2 is 2.00 bits per heavy atom. The fourth-order valence-corrected chi connectivity index (χ4v) is 1.46. The molecule has 0 radical (unpaired) electrons. The van der Waals surface area contributed by atoms with Crippen molar-refractivity contribution in [1.29, 1.82) is 0 Å². The number of hydrogen-bond donors (Lipinski definition) is 1. The average molecular weight is 146 g/mol. The van der Waals surface area contributed by atoms with Gasteiger partial charge in [0.15, 0.2) is 0 Å². The predicted molar refractivity (Wildman–Crippen MR) is 45.1 cm³/mol. The first kappa shape index (κ1) is 6.62. The highest BCUT2D eigenvalue weighted by Crippen LogP contribution is 2.32. The number of aliphatic hydroxyl groups is 1. The van der Waals surface area contributed by atoms with E-state index in [1.54, 1.807) is 0 Å². The molecule has 0 aromatic heterocycles. The second-order valence-corrected chi connectivity index (χ2v) is 2.92. The summed E-state index contributed by atoms with van der Waals surface area (Å²) in [5.41, 5.74) is 3.22. The van der Waals surface area contributed by atoms with Crippen molar-refractivity contribution in [2.45, 2.75) is 13.0 Å². The molecule has 0 saturated heterocycles. The van der Waals surface area contributed by atoms with Crippen LogP contribution in [0.1, 0.15) is 24.2 Å². The van der Waals surface area contributed by atoms with Crippen molar-refractivity contribution in [3.63, 3.8) is 0 Å². The van der Waals surface area contributed by atoms with E-state index in [2.05, 4.69) is 0 Å². The minimum absolute atomic E-state index is 0.369. The summed E-state index contributed by atoms with van der Waals surface area (Å²) in [4.78, 5) is 0. The Labute approximate surface area is 66.0 Å². The summed E-state index contributed by atoms with van der Waals surface area (Å²) in [5, 5.41) is 9.58. The smallest absolute Gasteiger partial charge is 0.101 e. The van der Waals surface area contributed by atoms with Crippen LogP contribution in [0.5, 0.6) is 0 Å². The highest BCUT2D eigenvalue weighted by atomic mass is 16.3. The summed E-state index contributed by atoms with van der Waals surface area (Å²) in [5.74, 6) is 0. The van der Waals surface area contributed by atoms with Crippen LogP contribution in [0, 0.1) is 0 Å². The molecule has 0 amide bonds. The topological polar surface area (TPSA) is 20.2 Å². The summed E-state index contributed by atoms with van der Waals surface area (Å²) in [6, 6.07) is 7.93. The third-order valence-corrected chi connectivity index (χ3v) is 2.11. The fraction of sp³-hybridized carbons (Fsp3) is 0.200.